The van der Waals surface area contributed by atoms with E-state index in [2.05, 4.69) is 18.9 Å². The number of ether oxygens (including phenoxy) is 3. The molecule has 2 aliphatic heterocycles. The van der Waals surface area contributed by atoms with E-state index in [-0.39, 0.29) is 12.2 Å². The molecule has 1 aromatic heterocycles. The van der Waals surface area contributed by atoms with Gasteiger partial charge in [-0.15, -0.1) is 0 Å². The fourth-order valence-electron chi connectivity index (χ4n) is 3.56. The molecule has 3 heterocycles. The van der Waals surface area contributed by atoms with Crippen LogP contribution in [0.15, 0.2) is 6.07 Å². The van der Waals surface area contributed by atoms with E-state index in [1.165, 1.54) is 0 Å². The monoisotopic (exact) mass is 315 g/mol. The Hall–Kier alpha value is -2.37. The van der Waals surface area contributed by atoms with Gasteiger partial charge in [-0.05, 0) is 13.8 Å². The van der Waals surface area contributed by atoms with Crippen LogP contribution in [0, 0.1) is 0 Å². The number of nitrogen functional groups attached to an aromatic ring is 1. The first kappa shape index (κ1) is 14.2. The molecular formula is C17H21N3O3. The molecule has 1 aromatic carbocycles. The predicted octanol–water partition coefficient (Wildman–Crippen LogP) is 2.32. The molecule has 6 nitrogen and oxygen atoms in total. The van der Waals surface area contributed by atoms with Gasteiger partial charge in [-0.3, -0.25) is 4.68 Å². The van der Waals surface area contributed by atoms with Gasteiger partial charge in [-0.2, -0.15) is 5.10 Å². The molecular weight excluding hydrogens is 294 g/mol. The minimum atomic E-state index is 0.110. The molecule has 122 valence electrons. The number of hydrogen-bond donors (Lipinski definition) is 1. The number of anilines is 1. The van der Waals surface area contributed by atoms with Crippen LogP contribution in [-0.2, 0) is 19.9 Å². The van der Waals surface area contributed by atoms with E-state index in [1.54, 1.807) is 11.8 Å². The summed E-state index contributed by atoms with van der Waals surface area (Å²) in [5.41, 5.74) is 9.97. The van der Waals surface area contributed by atoms with Crippen molar-refractivity contribution in [3.63, 3.8) is 0 Å². The summed E-state index contributed by atoms with van der Waals surface area (Å²) >= 11 is 0. The fourth-order valence-corrected chi connectivity index (χ4v) is 3.56. The van der Waals surface area contributed by atoms with E-state index in [1.807, 2.05) is 13.1 Å². The van der Waals surface area contributed by atoms with Gasteiger partial charge in [-0.25, -0.2) is 0 Å². The Morgan fingerprint density at radius 2 is 1.83 bits per heavy atom. The minimum absolute atomic E-state index is 0.110. The van der Waals surface area contributed by atoms with Crippen molar-refractivity contribution in [1.29, 1.82) is 0 Å². The first-order valence-corrected chi connectivity index (χ1v) is 7.88. The molecule has 0 saturated heterocycles. The van der Waals surface area contributed by atoms with Gasteiger partial charge >= 0.3 is 0 Å². The molecule has 2 N–H and O–H groups in total. The maximum absolute atomic E-state index is 6.12. The molecule has 2 aliphatic rings. The Bertz CT molecular complexity index is 738. The van der Waals surface area contributed by atoms with Gasteiger partial charge in [-0.1, -0.05) is 0 Å². The van der Waals surface area contributed by atoms with Gasteiger partial charge < -0.3 is 19.9 Å². The third-order valence-corrected chi connectivity index (χ3v) is 4.55. The molecule has 23 heavy (non-hydrogen) atoms. The molecule has 0 amide bonds. The molecule has 2 unspecified atom stereocenters. The molecule has 0 spiro atoms. The summed E-state index contributed by atoms with van der Waals surface area (Å²) in [5.74, 6) is 3.12. The van der Waals surface area contributed by atoms with Gasteiger partial charge in [0.2, 0.25) is 0 Å². The number of fused-ring (bicyclic) bond motifs is 2. The molecule has 0 aliphatic carbocycles. The lowest BCUT2D eigenvalue weighted by atomic mass is 9.95. The average Bonchev–Trinajstić information content (AvgIpc) is 3.13. The Morgan fingerprint density at radius 1 is 1.17 bits per heavy atom. The Balaban J connectivity index is 2.02. The smallest absolute Gasteiger partial charge is 0.168 e. The summed E-state index contributed by atoms with van der Waals surface area (Å²) in [5, 5.41) is 4.56. The number of rotatable bonds is 2. The van der Waals surface area contributed by atoms with Gasteiger partial charge in [0.1, 0.15) is 23.8 Å². The SMILES string of the molecule is COc1c2c(c(-c3cc(N)n(C)n3)c3c1OC(C)C3)OC(C)C2. The maximum atomic E-state index is 6.12. The molecule has 2 aromatic rings. The van der Waals surface area contributed by atoms with E-state index < -0.39 is 0 Å². The first-order valence-electron chi connectivity index (χ1n) is 7.88. The standard InChI is InChI=1S/C17H21N3O3/c1-8-5-10-14(12-7-13(18)20(3)19-12)15-11(6-9(2)22-15)16(21-4)17(10)23-8/h7-9H,5-6,18H2,1-4H3. The summed E-state index contributed by atoms with van der Waals surface area (Å²) < 4.78 is 19.5. The number of nitrogens with zero attached hydrogens (tertiary/aromatic N) is 2. The lowest BCUT2D eigenvalue weighted by Gasteiger charge is -2.15. The predicted molar refractivity (Wildman–Crippen MR) is 87.2 cm³/mol. The molecule has 0 fully saturated rings. The van der Waals surface area contributed by atoms with Gasteiger partial charge in [0.05, 0.1) is 18.4 Å². The van der Waals surface area contributed by atoms with Crippen molar-refractivity contribution in [1.82, 2.24) is 9.78 Å². The van der Waals surface area contributed by atoms with Crippen molar-refractivity contribution in [2.45, 2.75) is 38.9 Å². The van der Waals surface area contributed by atoms with Crippen LogP contribution in [0.4, 0.5) is 5.82 Å². The summed E-state index contributed by atoms with van der Waals surface area (Å²) in [6.45, 7) is 4.12. The highest BCUT2D eigenvalue weighted by Crippen LogP contribution is 2.54. The molecule has 0 saturated carbocycles. The second kappa shape index (κ2) is 4.81. The second-order valence-corrected chi connectivity index (χ2v) is 6.37. The van der Waals surface area contributed by atoms with E-state index in [0.717, 1.165) is 52.5 Å². The van der Waals surface area contributed by atoms with Crippen molar-refractivity contribution in [3.8, 4) is 28.5 Å². The van der Waals surface area contributed by atoms with Crippen molar-refractivity contribution >= 4 is 5.82 Å². The third kappa shape index (κ3) is 1.97. The van der Waals surface area contributed by atoms with Gasteiger partial charge in [0.25, 0.3) is 0 Å². The van der Waals surface area contributed by atoms with Crippen LogP contribution in [-0.4, -0.2) is 29.1 Å². The van der Waals surface area contributed by atoms with Gasteiger partial charge in [0, 0.05) is 37.1 Å². The van der Waals surface area contributed by atoms with Crippen LogP contribution in [0.25, 0.3) is 11.3 Å². The molecule has 6 heteroatoms. The van der Waals surface area contributed by atoms with Crippen LogP contribution in [0.3, 0.4) is 0 Å². The first-order chi connectivity index (χ1) is 11.0. The summed E-state index contributed by atoms with van der Waals surface area (Å²) in [6, 6.07) is 1.89. The number of benzene rings is 1. The number of nitrogens with two attached hydrogens (primary N) is 1. The van der Waals surface area contributed by atoms with Crippen molar-refractivity contribution in [2.75, 3.05) is 12.8 Å². The van der Waals surface area contributed by atoms with Crippen LogP contribution in [0.2, 0.25) is 0 Å². The quantitative estimate of drug-likeness (QED) is 0.921. The fraction of sp³-hybridized carbons (Fsp3) is 0.471. The van der Waals surface area contributed by atoms with Crippen molar-refractivity contribution in [2.24, 2.45) is 7.05 Å². The summed E-state index contributed by atoms with van der Waals surface area (Å²) in [7, 11) is 3.52. The van der Waals surface area contributed by atoms with Gasteiger partial charge in [0.15, 0.2) is 11.5 Å². The largest absolute Gasteiger partial charge is 0.492 e. The highest BCUT2D eigenvalue weighted by molar-refractivity contribution is 5.82. The lowest BCUT2D eigenvalue weighted by Crippen LogP contribution is -2.07. The second-order valence-electron chi connectivity index (χ2n) is 6.37. The maximum Gasteiger partial charge on any atom is 0.168 e. The number of aromatic nitrogens is 2. The number of hydrogen-bond acceptors (Lipinski definition) is 5. The lowest BCUT2D eigenvalue weighted by molar-refractivity contribution is 0.242. The minimum Gasteiger partial charge on any atom is -0.492 e. The average molecular weight is 315 g/mol. The normalized spacial score (nSPS) is 21.6. The highest BCUT2D eigenvalue weighted by atomic mass is 16.5. The van der Waals surface area contributed by atoms with E-state index >= 15 is 0 Å². The molecule has 0 bridgehead atoms. The Labute approximate surface area is 135 Å². The zero-order valence-corrected chi connectivity index (χ0v) is 13.8. The van der Waals surface area contributed by atoms with Crippen LogP contribution >= 0.6 is 0 Å². The van der Waals surface area contributed by atoms with Crippen molar-refractivity contribution < 1.29 is 14.2 Å². The van der Waals surface area contributed by atoms with Crippen LogP contribution < -0.4 is 19.9 Å². The van der Waals surface area contributed by atoms with Crippen LogP contribution in [0.1, 0.15) is 25.0 Å². The molecule has 4 rings (SSSR count). The summed E-state index contributed by atoms with van der Waals surface area (Å²) in [6.07, 6.45) is 1.83. The molecule has 0 radical (unpaired) electrons. The number of aryl methyl sites for hydroxylation is 1. The van der Waals surface area contributed by atoms with Crippen molar-refractivity contribution in [3.05, 3.63) is 17.2 Å². The van der Waals surface area contributed by atoms with E-state index in [0.29, 0.717) is 5.82 Å². The Kier molecular flexibility index (Phi) is 2.98. The highest BCUT2D eigenvalue weighted by Gasteiger charge is 2.37. The Morgan fingerprint density at radius 3 is 2.43 bits per heavy atom. The summed E-state index contributed by atoms with van der Waals surface area (Å²) in [4.78, 5) is 0. The number of methoxy groups -OCH3 is 1. The zero-order valence-electron chi connectivity index (χ0n) is 13.8. The van der Waals surface area contributed by atoms with E-state index in [4.69, 9.17) is 19.9 Å². The van der Waals surface area contributed by atoms with E-state index in [9.17, 15) is 0 Å². The third-order valence-electron chi connectivity index (χ3n) is 4.55. The topological polar surface area (TPSA) is 71.5 Å². The van der Waals surface area contributed by atoms with Crippen LogP contribution in [0.5, 0.6) is 17.2 Å². The zero-order chi connectivity index (χ0) is 16.3. The molecule has 2 atom stereocenters.